The van der Waals surface area contributed by atoms with E-state index in [4.69, 9.17) is 4.74 Å². The molecule has 148 valence electrons. The van der Waals surface area contributed by atoms with Crippen LogP contribution in [0.2, 0.25) is 0 Å². The molecule has 9 nitrogen and oxygen atoms in total. The number of methoxy groups -OCH3 is 1. The van der Waals surface area contributed by atoms with Crippen molar-refractivity contribution >= 4 is 44.6 Å². The summed E-state index contributed by atoms with van der Waals surface area (Å²) < 4.78 is 33.2. The number of nitrogens with one attached hydrogen (secondary N) is 2. The summed E-state index contributed by atoms with van der Waals surface area (Å²) in [7, 11) is -2.59. The fraction of sp³-hybridized carbons (Fsp3) is 0.235. The van der Waals surface area contributed by atoms with Gasteiger partial charge in [-0.3, -0.25) is 20.3 Å². The summed E-state index contributed by atoms with van der Waals surface area (Å²) in [4.78, 5) is 10.2. The molecule has 1 fully saturated rings. The summed E-state index contributed by atoms with van der Waals surface area (Å²) >= 11 is 1.74. The first-order chi connectivity index (χ1) is 13.4. The van der Waals surface area contributed by atoms with Gasteiger partial charge in [-0.15, -0.1) is 0 Å². The lowest BCUT2D eigenvalue weighted by Crippen LogP contribution is -2.15. The second kappa shape index (κ2) is 8.48. The topological polar surface area (TPSA) is 123 Å². The molecule has 28 heavy (non-hydrogen) atoms. The Morgan fingerprint density at radius 3 is 2.57 bits per heavy atom. The zero-order chi connectivity index (χ0) is 20.1. The van der Waals surface area contributed by atoms with Crippen LogP contribution >= 0.6 is 11.8 Å². The normalized spacial score (nSPS) is 15.4. The van der Waals surface area contributed by atoms with E-state index in [2.05, 4.69) is 15.2 Å². The average molecular weight is 422 g/mol. The number of nitrogens with zero attached hydrogens (tertiary/aromatic N) is 2. The summed E-state index contributed by atoms with van der Waals surface area (Å²) in [6, 6.07) is 9.87. The fourth-order valence-electron chi connectivity index (χ4n) is 2.49. The number of hydrogen-bond acceptors (Lipinski definition) is 8. The van der Waals surface area contributed by atoms with E-state index in [9.17, 15) is 18.5 Å². The highest BCUT2D eigenvalue weighted by molar-refractivity contribution is 8.00. The van der Waals surface area contributed by atoms with Crippen LogP contribution in [-0.2, 0) is 10.0 Å². The number of rotatable bonds is 7. The molecule has 2 N–H and O–H groups in total. The molecular weight excluding hydrogens is 404 g/mol. The Balaban J connectivity index is 1.94. The molecular formula is C17H18N4O5S2. The summed E-state index contributed by atoms with van der Waals surface area (Å²) in [6.07, 6.45) is 0.816. The zero-order valence-electron chi connectivity index (χ0n) is 14.9. The Labute approximate surface area is 166 Å². The number of hydrogen-bond donors (Lipinski definition) is 2. The van der Waals surface area contributed by atoms with Crippen LogP contribution in [0.3, 0.4) is 0 Å². The summed E-state index contributed by atoms with van der Waals surface area (Å²) in [5, 5.41) is 15.4. The molecule has 0 atom stereocenters. The first-order valence-electron chi connectivity index (χ1n) is 8.23. The number of thioether (sulfide) groups is 1. The lowest BCUT2D eigenvalue weighted by molar-refractivity contribution is -0.385. The molecule has 0 aliphatic carbocycles. The van der Waals surface area contributed by atoms with Gasteiger partial charge in [0.25, 0.3) is 15.7 Å². The Kier molecular flexibility index (Phi) is 6.05. The summed E-state index contributed by atoms with van der Waals surface area (Å²) in [5.74, 6) is 2.31. The molecule has 3 rings (SSSR count). The number of hydrazone groups is 1. The largest absolute Gasteiger partial charge is 0.497 e. The van der Waals surface area contributed by atoms with Crippen molar-refractivity contribution in [3.8, 4) is 5.75 Å². The quantitative estimate of drug-likeness (QED) is 0.518. The molecule has 2 aromatic carbocycles. The van der Waals surface area contributed by atoms with E-state index in [0.717, 1.165) is 29.7 Å². The van der Waals surface area contributed by atoms with Gasteiger partial charge in [0, 0.05) is 29.3 Å². The van der Waals surface area contributed by atoms with Crippen LogP contribution in [0, 0.1) is 10.1 Å². The van der Waals surface area contributed by atoms with Crippen molar-refractivity contribution < 1.29 is 18.1 Å². The van der Waals surface area contributed by atoms with Gasteiger partial charge in [-0.1, -0.05) is 0 Å². The predicted molar refractivity (Wildman–Crippen MR) is 110 cm³/mol. The number of non-ortho nitro benzene ring substituents is 1. The second-order valence-corrected chi connectivity index (χ2v) is 8.62. The lowest BCUT2D eigenvalue weighted by atomic mass is 10.3. The SMILES string of the molecule is COc1ccc(NS(=O)(=O)c2cc([N+](=O)[O-])ccc2N/N=C2\CCSC2)cc1. The minimum absolute atomic E-state index is 0.163. The van der Waals surface area contributed by atoms with Crippen LogP contribution in [0.4, 0.5) is 17.1 Å². The first kappa shape index (κ1) is 20.0. The van der Waals surface area contributed by atoms with E-state index >= 15 is 0 Å². The smallest absolute Gasteiger partial charge is 0.270 e. The van der Waals surface area contributed by atoms with E-state index in [1.807, 2.05) is 0 Å². The van der Waals surface area contributed by atoms with Gasteiger partial charge in [0.15, 0.2) is 0 Å². The van der Waals surface area contributed by atoms with Crippen molar-refractivity contribution in [2.45, 2.75) is 11.3 Å². The van der Waals surface area contributed by atoms with Gasteiger partial charge in [-0.05, 0) is 42.5 Å². The van der Waals surface area contributed by atoms with E-state index < -0.39 is 14.9 Å². The number of ether oxygens (including phenoxy) is 1. The molecule has 0 saturated carbocycles. The number of sulfonamides is 1. The highest BCUT2D eigenvalue weighted by Crippen LogP contribution is 2.29. The number of nitro benzene ring substituents is 1. The van der Waals surface area contributed by atoms with Crippen molar-refractivity contribution in [3.63, 3.8) is 0 Å². The Morgan fingerprint density at radius 1 is 1.21 bits per heavy atom. The summed E-state index contributed by atoms with van der Waals surface area (Å²) in [5.41, 5.74) is 3.79. The molecule has 2 aromatic rings. The molecule has 1 aliphatic heterocycles. The molecule has 0 radical (unpaired) electrons. The molecule has 0 aromatic heterocycles. The van der Waals surface area contributed by atoms with Crippen LogP contribution < -0.4 is 14.9 Å². The zero-order valence-corrected chi connectivity index (χ0v) is 16.5. The Hall–Kier alpha value is -2.79. The third-order valence-corrected chi connectivity index (χ3v) is 6.40. The van der Waals surface area contributed by atoms with Gasteiger partial charge in [0.2, 0.25) is 0 Å². The Morgan fingerprint density at radius 2 is 1.96 bits per heavy atom. The fourth-order valence-corrected chi connectivity index (χ4v) is 4.69. The van der Waals surface area contributed by atoms with Crippen molar-refractivity contribution in [1.82, 2.24) is 0 Å². The Bertz CT molecular complexity index is 999. The van der Waals surface area contributed by atoms with Crippen molar-refractivity contribution in [2.75, 3.05) is 28.8 Å². The van der Waals surface area contributed by atoms with E-state index in [1.165, 1.54) is 31.4 Å². The molecule has 0 bridgehead atoms. The minimum atomic E-state index is -4.10. The van der Waals surface area contributed by atoms with E-state index in [-0.39, 0.29) is 16.3 Å². The van der Waals surface area contributed by atoms with Crippen molar-refractivity contribution in [3.05, 3.63) is 52.6 Å². The third kappa shape index (κ3) is 4.73. The molecule has 0 unspecified atom stereocenters. The first-order valence-corrected chi connectivity index (χ1v) is 10.9. The van der Waals surface area contributed by atoms with Gasteiger partial charge in [-0.25, -0.2) is 8.42 Å². The van der Waals surface area contributed by atoms with Gasteiger partial charge in [0.05, 0.1) is 17.7 Å². The second-order valence-electron chi connectivity index (χ2n) is 5.86. The lowest BCUT2D eigenvalue weighted by Gasteiger charge is -2.12. The van der Waals surface area contributed by atoms with Crippen molar-refractivity contribution in [2.24, 2.45) is 5.10 Å². The average Bonchev–Trinajstić information content (AvgIpc) is 3.20. The third-order valence-electron chi connectivity index (χ3n) is 3.95. The van der Waals surface area contributed by atoms with Crippen LogP contribution in [0.5, 0.6) is 5.75 Å². The molecule has 0 amide bonds. The van der Waals surface area contributed by atoms with Crippen LogP contribution in [-0.4, -0.2) is 37.7 Å². The monoisotopic (exact) mass is 422 g/mol. The highest BCUT2D eigenvalue weighted by atomic mass is 32.2. The predicted octanol–water partition coefficient (Wildman–Crippen LogP) is 3.31. The molecule has 1 saturated heterocycles. The van der Waals surface area contributed by atoms with Crippen LogP contribution in [0.1, 0.15) is 6.42 Å². The maximum absolute atomic E-state index is 12.9. The standard InChI is InChI=1S/C17H18N4O5S2/c1-26-15-5-2-12(3-6-15)20-28(24,25)17-10-14(21(22)23)4-7-16(17)19-18-13-8-9-27-11-13/h2-7,10,19-20H,8-9,11H2,1H3/b18-13+. The van der Waals surface area contributed by atoms with Gasteiger partial charge >= 0.3 is 0 Å². The van der Waals surface area contributed by atoms with Crippen LogP contribution in [0.25, 0.3) is 0 Å². The summed E-state index contributed by atoms with van der Waals surface area (Å²) in [6.45, 7) is 0. The maximum Gasteiger partial charge on any atom is 0.270 e. The highest BCUT2D eigenvalue weighted by Gasteiger charge is 2.23. The number of anilines is 2. The van der Waals surface area contributed by atoms with E-state index in [1.54, 1.807) is 23.9 Å². The molecule has 11 heteroatoms. The van der Waals surface area contributed by atoms with Gasteiger partial charge in [-0.2, -0.15) is 16.9 Å². The molecule has 0 spiro atoms. The molecule has 1 aliphatic rings. The van der Waals surface area contributed by atoms with E-state index in [0.29, 0.717) is 11.4 Å². The van der Waals surface area contributed by atoms with Gasteiger partial charge < -0.3 is 4.74 Å². The van der Waals surface area contributed by atoms with Gasteiger partial charge in [0.1, 0.15) is 10.6 Å². The number of benzene rings is 2. The molecule has 1 heterocycles. The number of nitro groups is 1. The van der Waals surface area contributed by atoms with Crippen molar-refractivity contribution in [1.29, 1.82) is 0 Å². The van der Waals surface area contributed by atoms with Crippen LogP contribution in [0.15, 0.2) is 52.5 Å². The minimum Gasteiger partial charge on any atom is -0.497 e. The maximum atomic E-state index is 12.9.